The first-order chi connectivity index (χ1) is 8.14. The predicted octanol–water partition coefficient (Wildman–Crippen LogP) is 1.04. The maximum Gasteiger partial charge on any atom is 0.156 e. The Morgan fingerprint density at radius 3 is 1.59 bits per heavy atom. The monoisotopic (exact) mass is 258 g/mol. The van der Waals surface area contributed by atoms with Crippen LogP contribution in [-0.2, 0) is 19.3 Å². The van der Waals surface area contributed by atoms with Gasteiger partial charge in [-0.2, -0.15) is 0 Å². The third-order valence-corrected chi connectivity index (χ3v) is 7.56. The fourth-order valence-electron chi connectivity index (χ4n) is 3.60. The van der Waals surface area contributed by atoms with E-state index in [0.29, 0.717) is 12.2 Å². The molecule has 4 nitrogen and oxygen atoms in total. The topological polar surface area (TPSA) is 59.2 Å². The quantitative estimate of drug-likeness (QED) is 0.694. The SMILES string of the molecule is O=S(=O)(C1CCC2OC2C1)C1CC[C@@H]2OC2C1. The summed E-state index contributed by atoms with van der Waals surface area (Å²) in [5.74, 6) is 0. The van der Waals surface area contributed by atoms with E-state index >= 15 is 0 Å². The number of ether oxygens (including phenoxy) is 2. The van der Waals surface area contributed by atoms with Crippen LogP contribution in [-0.4, -0.2) is 43.3 Å². The third kappa shape index (κ3) is 1.74. The zero-order valence-electron chi connectivity index (χ0n) is 9.75. The summed E-state index contributed by atoms with van der Waals surface area (Å²) in [4.78, 5) is 0. The Labute approximate surface area is 102 Å². The lowest BCUT2D eigenvalue weighted by atomic mass is 10.00. The molecular formula is C12H18O4S. The maximum atomic E-state index is 12.6. The van der Waals surface area contributed by atoms with Crippen LogP contribution in [0.2, 0.25) is 0 Å². The highest BCUT2D eigenvalue weighted by Crippen LogP contribution is 2.44. The van der Waals surface area contributed by atoms with E-state index in [-0.39, 0.29) is 22.7 Å². The molecule has 2 aliphatic heterocycles. The molecule has 4 fully saturated rings. The van der Waals surface area contributed by atoms with Crippen LogP contribution in [0, 0.1) is 0 Å². The van der Waals surface area contributed by atoms with Gasteiger partial charge in [-0.3, -0.25) is 0 Å². The first-order valence-electron chi connectivity index (χ1n) is 6.68. The summed E-state index contributed by atoms with van der Waals surface area (Å²) < 4.78 is 36.0. The zero-order valence-corrected chi connectivity index (χ0v) is 10.6. The fourth-order valence-corrected chi connectivity index (χ4v) is 5.99. The molecule has 0 aromatic carbocycles. The van der Waals surface area contributed by atoms with E-state index < -0.39 is 9.84 Å². The van der Waals surface area contributed by atoms with Crippen LogP contribution in [0.1, 0.15) is 38.5 Å². The second kappa shape index (κ2) is 3.45. The van der Waals surface area contributed by atoms with Gasteiger partial charge < -0.3 is 9.47 Å². The second-order valence-electron chi connectivity index (χ2n) is 5.89. The second-order valence-corrected chi connectivity index (χ2v) is 8.40. The first-order valence-corrected chi connectivity index (χ1v) is 8.29. The average Bonchev–Trinajstić information content (AvgIpc) is 3.21. The molecule has 96 valence electrons. The highest BCUT2D eigenvalue weighted by molar-refractivity contribution is 7.92. The molecule has 5 unspecified atom stereocenters. The van der Waals surface area contributed by atoms with Gasteiger partial charge in [0, 0.05) is 0 Å². The van der Waals surface area contributed by atoms with E-state index in [1.165, 1.54) is 0 Å². The molecule has 4 rings (SSSR count). The van der Waals surface area contributed by atoms with Crippen molar-refractivity contribution in [2.45, 2.75) is 73.4 Å². The lowest BCUT2D eigenvalue weighted by molar-refractivity contribution is 0.372. The van der Waals surface area contributed by atoms with Crippen molar-refractivity contribution < 1.29 is 17.9 Å². The Morgan fingerprint density at radius 1 is 0.706 bits per heavy atom. The number of hydrogen-bond acceptors (Lipinski definition) is 4. The molecule has 0 amide bonds. The van der Waals surface area contributed by atoms with Crippen molar-refractivity contribution in [3.63, 3.8) is 0 Å². The fraction of sp³-hybridized carbons (Fsp3) is 1.00. The van der Waals surface area contributed by atoms with Crippen LogP contribution in [0.15, 0.2) is 0 Å². The first kappa shape index (κ1) is 10.8. The summed E-state index contributed by atoms with van der Waals surface area (Å²) in [6.07, 6.45) is 6.19. The van der Waals surface area contributed by atoms with E-state index in [0.717, 1.165) is 38.5 Å². The third-order valence-electron chi connectivity index (χ3n) is 4.84. The molecule has 2 aliphatic carbocycles. The lowest BCUT2D eigenvalue weighted by Crippen LogP contribution is -2.37. The molecule has 0 aromatic heterocycles. The molecule has 5 heteroatoms. The van der Waals surface area contributed by atoms with Gasteiger partial charge in [0.25, 0.3) is 0 Å². The van der Waals surface area contributed by atoms with Crippen LogP contribution in [0.5, 0.6) is 0 Å². The summed E-state index contributed by atoms with van der Waals surface area (Å²) in [6, 6.07) is 0. The largest absolute Gasteiger partial charge is 0.370 e. The van der Waals surface area contributed by atoms with E-state index in [1.54, 1.807) is 0 Å². The van der Waals surface area contributed by atoms with Crippen molar-refractivity contribution in [2.24, 2.45) is 0 Å². The van der Waals surface area contributed by atoms with E-state index in [9.17, 15) is 8.42 Å². The van der Waals surface area contributed by atoms with Gasteiger partial charge in [0.1, 0.15) is 0 Å². The highest BCUT2D eigenvalue weighted by atomic mass is 32.2. The summed E-state index contributed by atoms with van der Waals surface area (Å²) in [5.41, 5.74) is 0. The minimum atomic E-state index is -2.96. The number of sulfone groups is 1. The van der Waals surface area contributed by atoms with Crippen molar-refractivity contribution in [1.29, 1.82) is 0 Å². The smallest absolute Gasteiger partial charge is 0.156 e. The van der Waals surface area contributed by atoms with Gasteiger partial charge in [-0.05, 0) is 38.5 Å². The van der Waals surface area contributed by atoms with E-state index in [4.69, 9.17) is 9.47 Å². The van der Waals surface area contributed by atoms with Gasteiger partial charge in [-0.15, -0.1) is 0 Å². The molecule has 2 saturated carbocycles. The van der Waals surface area contributed by atoms with Gasteiger partial charge in [-0.1, -0.05) is 0 Å². The van der Waals surface area contributed by atoms with Gasteiger partial charge in [-0.25, -0.2) is 8.42 Å². The molecule has 0 N–H and O–H groups in total. The van der Waals surface area contributed by atoms with Crippen molar-refractivity contribution in [2.75, 3.05) is 0 Å². The molecule has 2 saturated heterocycles. The molecule has 0 aromatic rings. The summed E-state index contributed by atoms with van der Waals surface area (Å²) in [6.45, 7) is 0. The minimum Gasteiger partial charge on any atom is -0.370 e. The van der Waals surface area contributed by atoms with Gasteiger partial charge in [0.15, 0.2) is 9.84 Å². The molecule has 4 aliphatic rings. The van der Waals surface area contributed by atoms with Gasteiger partial charge in [0.05, 0.1) is 34.9 Å². The number of fused-ring (bicyclic) bond motifs is 2. The summed E-state index contributed by atoms with van der Waals surface area (Å²) >= 11 is 0. The van der Waals surface area contributed by atoms with Crippen molar-refractivity contribution in [3.8, 4) is 0 Å². The van der Waals surface area contributed by atoms with Gasteiger partial charge >= 0.3 is 0 Å². The molecule has 6 atom stereocenters. The summed E-state index contributed by atoms with van der Waals surface area (Å²) in [7, 11) is -2.96. The van der Waals surface area contributed by atoms with Crippen LogP contribution in [0.3, 0.4) is 0 Å². The molecular weight excluding hydrogens is 240 g/mol. The van der Waals surface area contributed by atoms with Crippen LogP contribution >= 0.6 is 0 Å². The highest BCUT2D eigenvalue weighted by Gasteiger charge is 2.52. The predicted molar refractivity (Wildman–Crippen MR) is 61.5 cm³/mol. The molecule has 17 heavy (non-hydrogen) atoms. The Kier molecular flexibility index (Phi) is 2.19. The number of epoxide rings is 2. The van der Waals surface area contributed by atoms with Crippen LogP contribution < -0.4 is 0 Å². The van der Waals surface area contributed by atoms with Gasteiger partial charge in [0.2, 0.25) is 0 Å². The molecule has 0 radical (unpaired) electrons. The molecule has 2 heterocycles. The van der Waals surface area contributed by atoms with Crippen LogP contribution in [0.25, 0.3) is 0 Å². The number of rotatable bonds is 2. The molecule has 0 bridgehead atoms. The molecule has 0 spiro atoms. The number of hydrogen-bond donors (Lipinski definition) is 0. The summed E-state index contributed by atoms with van der Waals surface area (Å²) in [5, 5.41) is -0.293. The van der Waals surface area contributed by atoms with E-state index in [1.807, 2.05) is 0 Å². The van der Waals surface area contributed by atoms with Crippen molar-refractivity contribution in [1.82, 2.24) is 0 Å². The van der Waals surface area contributed by atoms with Crippen LogP contribution in [0.4, 0.5) is 0 Å². The average molecular weight is 258 g/mol. The van der Waals surface area contributed by atoms with E-state index in [2.05, 4.69) is 0 Å². The Hall–Kier alpha value is -0.130. The maximum absolute atomic E-state index is 12.6. The Balaban J connectivity index is 1.50. The Bertz CT molecular complexity index is 398. The van der Waals surface area contributed by atoms with Crippen molar-refractivity contribution >= 4 is 9.84 Å². The Morgan fingerprint density at radius 2 is 1.18 bits per heavy atom. The standard InChI is InChI=1S/C12H18O4S/c13-17(14,7-1-3-9-11(5-7)15-9)8-2-4-10-12(6-8)16-10/h7-12H,1-6H2/t7?,8?,9-,10?,11?,12?/m0/s1. The van der Waals surface area contributed by atoms with Crippen molar-refractivity contribution in [3.05, 3.63) is 0 Å². The minimum absolute atomic E-state index is 0.147. The lowest BCUT2D eigenvalue weighted by Gasteiger charge is -2.26. The zero-order chi connectivity index (χ0) is 11.6. The normalized spacial score (nSPS) is 52.5.